The van der Waals surface area contributed by atoms with Gasteiger partial charge in [-0.1, -0.05) is 0 Å². The molecule has 21 heavy (non-hydrogen) atoms. The third kappa shape index (κ3) is 3.24. The second kappa shape index (κ2) is 5.85. The summed E-state index contributed by atoms with van der Waals surface area (Å²) in [7, 11) is 0. The lowest BCUT2D eigenvalue weighted by Gasteiger charge is -2.38. The first-order chi connectivity index (χ1) is 10.2. The van der Waals surface area contributed by atoms with Crippen molar-refractivity contribution in [1.82, 2.24) is 10.2 Å². The van der Waals surface area contributed by atoms with Crippen LogP contribution in [0.4, 0.5) is 0 Å². The predicted molar refractivity (Wildman–Crippen MR) is 78.2 cm³/mol. The number of rotatable bonds is 5. The first kappa shape index (κ1) is 14.1. The van der Waals surface area contributed by atoms with E-state index in [9.17, 15) is 9.59 Å². The Morgan fingerprint density at radius 3 is 2.38 bits per heavy atom. The summed E-state index contributed by atoms with van der Waals surface area (Å²) in [6.45, 7) is 3.93. The molecule has 5 nitrogen and oxygen atoms in total. The van der Waals surface area contributed by atoms with E-state index in [1.165, 1.54) is 0 Å². The molecule has 1 heterocycles. The van der Waals surface area contributed by atoms with E-state index in [1.807, 2.05) is 6.92 Å². The lowest BCUT2D eigenvalue weighted by molar-refractivity contribution is -0.0378. The molecule has 1 aromatic rings. The Bertz CT molecular complexity index is 531. The van der Waals surface area contributed by atoms with Crippen molar-refractivity contribution in [3.8, 4) is 0 Å². The lowest BCUT2D eigenvalue weighted by Crippen LogP contribution is -2.54. The topological polar surface area (TPSA) is 58.6 Å². The number of hydrogen-bond acceptors (Lipinski definition) is 3. The van der Waals surface area contributed by atoms with Crippen molar-refractivity contribution in [3.63, 3.8) is 0 Å². The van der Waals surface area contributed by atoms with Gasteiger partial charge in [-0.25, -0.2) is 0 Å². The van der Waals surface area contributed by atoms with Crippen molar-refractivity contribution < 1.29 is 14.3 Å². The molecule has 0 unspecified atom stereocenters. The molecule has 2 aliphatic rings. The van der Waals surface area contributed by atoms with E-state index in [4.69, 9.17) is 4.74 Å². The number of benzene rings is 1. The van der Waals surface area contributed by atoms with Crippen LogP contribution in [0.1, 0.15) is 40.5 Å². The predicted octanol–water partition coefficient (Wildman–Crippen LogP) is 1.44. The summed E-state index contributed by atoms with van der Waals surface area (Å²) in [4.78, 5) is 25.8. The molecule has 112 valence electrons. The Balaban J connectivity index is 1.56. The highest BCUT2D eigenvalue weighted by Gasteiger charge is 2.31. The largest absolute Gasteiger partial charge is 0.375 e. The Labute approximate surface area is 124 Å². The molecule has 0 bridgehead atoms. The van der Waals surface area contributed by atoms with E-state index in [0.717, 1.165) is 12.8 Å². The van der Waals surface area contributed by atoms with Crippen LogP contribution in [0.2, 0.25) is 0 Å². The number of nitrogens with one attached hydrogen (secondary N) is 1. The fourth-order valence-corrected chi connectivity index (χ4v) is 2.39. The Kier molecular flexibility index (Phi) is 3.92. The molecule has 1 aromatic carbocycles. The van der Waals surface area contributed by atoms with E-state index < -0.39 is 0 Å². The monoisotopic (exact) mass is 288 g/mol. The molecule has 0 atom stereocenters. The van der Waals surface area contributed by atoms with Gasteiger partial charge >= 0.3 is 0 Å². The van der Waals surface area contributed by atoms with Gasteiger partial charge in [0.15, 0.2) is 0 Å². The first-order valence-corrected chi connectivity index (χ1v) is 7.49. The van der Waals surface area contributed by atoms with Crippen LogP contribution in [0, 0.1) is 0 Å². The summed E-state index contributed by atoms with van der Waals surface area (Å²) in [5, 5.41) is 2.93. The molecule has 5 heteroatoms. The second-order valence-corrected chi connectivity index (χ2v) is 5.61. The normalized spacial score (nSPS) is 18.2. The van der Waals surface area contributed by atoms with Gasteiger partial charge in [0.2, 0.25) is 0 Å². The van der Waals surface area contributed by atoms with Gasteiger partial charge in [0, 0.05) is 36.9 Å². The fraction of sp³-hybridized carbons (Fsp3) is 0.500. The van der Waals surface area contributed by atoms with Gasteiger partial charge in [0.05, 0.1) is 6.10 Å². The van der Waals surface area contributed by atoms with Crippen LogP contribution in [0.5, 0.6) is 0 Å². The summed E-state index contributed by atoms with van der Waals surface area (Å²) in [5.74, 6) is -0.0584. The molecule has 1 aliphatic heterocycles. The van der Waals surface area contributed by atoms with E-state index in [1.54, 1.807) is 29.2 Å². The molecule has 0 aromatic heterocycles. The molecule has 1 N–H and O–H groups in total. The Morgan fingerprint density at radius 2 is 1.81 bits per heavy atom. The van der Waals surface area contributed by atoms with E-state index >= 15 is 0 Å². The third-order valence-electron chi connectivity index (χ3n) is 3.84. The van der Waals surface area contributed by atoms with Gasteiger partial charge in [-0.05, 0) is 44.0 Å². The molecule has 1 saturated heterocycles. The van der Waals surface area contributed by atoms with Gasteiger partial charge in [-0.2, -0.15) is 0 Å². The molecule has 2 amide bonds. The number of carbonyl (C=O) groups is 2. The van der Waals surface area contributed by atoms with E-state index in [0.29, 0.717) is 36.9 Å². The van der Waals surface area contributed by atoms with Gasteiger partial charge in [-0.3, -0.25) is 9.59 Å². The number of ether oxygens (including phenoxy) is 1. The minimum atomic E-state index is -0.0585. The van der Waals surface area contributed by atoms with Crippen LogP contribution >= 0.6 is 0 Å². The number of carbonyl (C=O) groups excluding carboxylic acids is 2. The van der Waals surface area contributed by atoms with Crippen LogP contribution in [0.3, 0.4) is 0 Å². The number of hydrogen-bond donors (Lipinski definition) is 1. The fourth-order valence-electron chi connectivity index (χ4n) is 2.39. The van der Waals surface area contributed by atoms with Crippen molar-refractivity contribution in [2.45, 2.75) is 31.9 Å². The van der Waals surface area contributed by atoms with Crippen molar-refractivity contribution in [3.05, 3.63) is 35.4 Å². The molecule has 0 radical (unpaired) electrons. The number of amides is 2. The van der Waals surface area contributed by atoms with Crippen LogP contribution in [0.15, 0.2) is 24.3 Å². The van der Waals surface area contributed by atoms with Crippen LogP contribution in [-0.4, -0.2) is 48.6 Å². The summed E-state index contributed by atoms with van der Waals surface area (Å²) in [6, 6.07) is 7.21. The molecular weight excluding hydrogens is 268 g/mol. The number of nitrogens with zero attached hydrogens (tertiary/aromatic N) is 1. The zero-order valence-electron chi connectivity index (χ0n) is 12.2. The van der Waals surface area contributed by atoms with Crippen molar-refractivity contribution in [2.24, 2.45) is 0 Å². The Morgan fingerprint density at radius 1 is 1.19 bits per heavy atom. The quantitative estimate of drug-likeness (QED) is 0.892. The maximum absolute atomic E-state index is 12.2. The van der Waals surface area contributed by atoms with Crippen molar-refractivity contribution >= 4 is 11.8 Å². The SMILES string of the molecule is CCOC1CN(C(=O)c2ccc(C(=O)NC3CC3)cc2)C1. The average Bonchev–Trinajstić information content (AvgIpc) is 3.26. The maximum Gasteiger partial charge on any atom is 0.254 e. The highest BCUT2D eigenvalue weighted by Crippen LogP contribution is 2.20. The standard InChI is InChI=1S/C16H20N2O3/c1-2-21-14-9-18(10-14)16(20)12-5-3-11(4-6-12)15(19)17-13-7-8-13/h3-6,13-14H,2,7-10H2,1H3,(H,17,19). The first-order valence-electron chi connectivity index (χ1n) is 7.49. The Hall–Kier alpha value is -1.88. The average molecular weight is 288 g/mol. The molecule has 1 saturated carbocycles. The van der Waals surface area contributed by atoms with E-state index in [-0.39, 0.29) is 17.9 Å². The molecule has 2 fully saturated rings. The van der Waals surface area contributed by atoms with E-state index in [2.05, 4.69) is 5.32 Å². The highest BCUT2D eigenvalue weighted by atomic mass is 16.5. The minimum Gasteiger partial charge on any atom is -0.375 e. The summed E-state index contributed by atoms with van der Waals surface area (Å²) in [6.07, 6.45) is 2.30. The maximum atomic E-state index is 12.2. The second-order valence-electron chi connectivity index (χ2n) is 5.61. The zero-order chi connectivity index (χ0) is 14.8. The minimum absolute atomic E-state index is 0.0000964. The molecule has 0 spiro atoms. The lowest BCUT2D eigenvalue weighted by atomic mass is 10.1. The highest BCUT2D eigenvalue weighted by molar-refractivity contribution is 5.98. The third-order valence-corrected chi connectivity index (χ3v) is 3.84. The van der Waals surface area contributed by atoms with Gasteiger partial charge in [-0.15, -0.1) is 0 Å². The van der Waals surface area contributed by atoms with Crippen LogP contribution < -0.4 is 5.32 Å². The zero-order valence-corrected chi connectivity index (χ0v) is 12.2. The van der Waals surface area contributed by atoms with Crippen LogP contribution in [0.25, 0.3) is 0 Å². The smallest absolute Gasteiger partial charge is 0.254 e. The molecule has 1 aliphatic carbocycles. The number of likely N-dealkylation sites (tertiary alicyclic amines) is 1. The molecule has 3 rings (SSSR count). The van der Waals surface area contributed by atoms with Crippen molar-refractivity contribution in [2.75, 3.05) is 19.7 Å². The van der Waals surface area contributed by atoms with Gasteiger partial charge < -0.3 is 15.0 Å². The van der Waals surface area contributed by atoms with Crippen molar-refractivity contribution in [1.29, 1.82) is 0 Å². The summed E-state index contributed by atoms with van der Waals surface area (Å²) >= 11 is 0. The molecular formula is C16H20N2O3. The summed E-state index contributed by atoms with van der Waals surface area (Å²) < 4.78 is 5.44. The summed E-state index contributed by atoms with van der Waals surface area (Å²) in [5.41, 5.74) is 1.22. The van der Waals surface area contributed by atoms with Gasteiger partial charge in [0.1, 0.15) is 0 Å². The van der Waals surface area contributed by atoms with Gasteiger partial charge in [0.25, 0.3) is 11.8 Å². The van der Waals surface area contributed by atoms with Crippen LogP contribution in [-0.2, 0) is 4.74 Å².